The van der Waals surface area contributed by atoms with Crippen molar-refractivity contribution in [2.24, 2.45) is 5.73 Å². The predicted molar refractivity (Wildman–Crippen MR) is 76.6 cm³/mol. The summed E-state index contributed by atoms with van der Waals surface area (Å²) in [4.78, 5) is 16.2. The maximum absolute atomic E-state index is 12.2. The van der Waals surface area contributed by atoms with Crippen LogP contribution in [0.3, 0.4) is 0 Å². The minimum atomic E-state index is -1.13. The first-order valence-electron chi connectivity index (χ1n) is 6.02. The van der Waals surface area contributed by atoms with Gasteiger partial charge in [0.25, 0.3) is 0 Å². The van der Waals surface area contributed by atoms with Gasteiger partial charge in [0.2, 0.25) is 11.8 Å². The molecule has 0 aliphatic heterocycles. The van der Waals surface area contributed by atoms with Crippen molar-refractivity contribution in [2.45, 2.75) is 25.9 Å². The summed E-state index contributed by atoms with van der Waals surface area (Å²) in [5.41, 5.74) is 5.70. The molecule has 1 atom stereocenters. The van der Waals surface area contributed by atoms with Gasteiger partial charge in [0.15, 0.2) is 5.82 Å². The van der Waals surface area contributed by atoms with Crippen LogP contribution in [-0.2, 0) is 16.9 Å². The van der Waals surface area contributed by atoms with Crippen LogP contribution in [0.2, 0.25) is 0 Å². The Balaban J connectivity index is 2.05. The molecule has 0 aliphatic rings. The van der Waals surface area contributed by atoms with E-state index in [1.165, 1.54) is 0 Å². The van der Waals surface area contributed by atoms with E-state index in [1.54, 1.807) is 26.0 Å². The Bertz CT molecular complexity index is 607. The molecule has 0 radical (unpaired) electrons. The molecule has 0 aliphatic carbocycles. The van der Waals surface area contributed by atoms with Crippen molar-refractivity contribution < 1.29 is 9.32 Å². The Morgan fingerprint density at radius 3 is 2.65 bits per heavy atom. The van der Waals surface area contributed by atoms with Crippen LogP contribution in [0.1, 0.15) is 24.2 Å². The predicted octanol–water partition coefficient (Wildman–Crippen LogP) is 1.63. The van der Waals surface area contributed by atoms with Gasteiger partial charge in [-0.25, -0.2) is 0 Å². The van der Waals surface area contributed by atoms with E-state index < -0.39 is 5.54 Å². The van der Waals surface area contributed by atoms with Gasteiger partial charge in [-0.1, -0.05) is 33.2 Å². The molecular formula is C13H15BrN4O2. The maximum Gasteiger partial charge on any atom is 0.246 e. The van der Waals surface area contributed by atoms with Gasteiger partial charge in [-0.2, -0.15) is 4.98 Å². The largest absolute Gasteiger partial charge is 0.345 e. The Morgan fingerprint density at radius 1 is 1.45 bits per heavy atom. The molecule has 106 valence electrons. The Labute approximate surface area is 124 Å². The summed E-state index contributed by atoms with van der Waals surface area (Å²) < 4.78 is 5.86. The van der Waals surface area contributed by atoms with Crippen molar-refractivity contribution in [1.82, 2.24) is 15.5 Å². The van der Waals surface area contributed by atoms with Crippen LogP contribution < -0.4 is 11.1 Å². The highest BCUT2D eigenvalue weighted by atomic mass is 79.9. The minimum Gasteiger partial charge on any atom is -0.345 e. The van der Waals surface area contributed by atoms with Crippen molar-refractivity contribution in [3.8, 4) is 0 Å². The second-order valence-electron chi connectivity index (χ2n) is 4.63. The highest BCUT2D eigenvalue weighted by Gasteiger charge is 2.30. The molecule has 2 aromatic rings. The molecule has 0 fully saturated rings. The van der Waals surface area contributed by atoms with Crippen LogP contribution in [0, 0.1) is 6.92 Å². The van der Waals surface area contributed by atoms with Gasteiger partial charge in [0.1, 0.15) is 5.54 Å². The van der Waals surface area contributed by atoms with Gasteiger partial charge in [-0.05, 0) is 31.5 Å². The molecule has 0 saturated heterocycles. The van der Waals surface area contributed by atoms with Crippen LogP contribution in [0.15, 0.2) is 33.3 Å². The lowest BCUT2D eigenvalue weighted by Crippen LogP contribution is -2.48. The molecule has 1 unspecified atom stereocenters. The van der Waals surface area contributed by atoms with Gasteiger partial charge < -0.3 is 15.6 Å². The van der Waals surface area contributed by atoms with Gasteiger partial charge in [-0.15, -0.1) is 0 Å². The molecule has 1 aromatic heterocycles. The summed E-state index contributed by atoms with van der Waals surface area (Å²) in [7, 11) is 0. The van der Waals surface area contributed by atoms with Crippen LogP contribution in [0.5, 0.6) is 0 Å². The highest BCUT2D eigenvalue weighted by Crippen LogP contribution is 2.20. The SMILES string of the molecule is Cc1noc(CNC(=O)C(C)(N)c2ccc(Br)cc2)n1. The van der Waals surface area contributed by atoms with Crippen molar-refractivity contribution >= 4 is 21.8 Å². The fourth-order valence-electron chi connectivity index (χ4n) is 1.68. The first kappa shape index (κ1) is 14.7. The molecule has 1 heterocycles. The van der Waals surface area contributed by atoms with E-state index in [9.17, 15) is 4.79 Å². The number of nitrogens with two attached hydrogens (primary N) is 1. The monoisotopic (exact) mass is 338 g/mol. The lowest BCUT2D eigenvalue weighted by Gasteiger charge is -2.23. The third-order valence-corrected chi connectivity index (χ3v) is 3.41. The summed E-state index contributed by atoms with van der Waals surface area (Å²) in [5.74, 6) is 0.566. The summed E-state index contributed by atoms with van der Waals surface area (Å²) in [6, 6.07) is 7.30. The molecule has 0 spiro atoms. The summed E-state index contributed by atoms with van der Waals surface area (Å²) in [6.07, 6.45) is 0. The molecule has 2 rings (SSSR count). The van der Waals surface area contributed by atoms with E-state index in [-0.39, 0.29) is 12.5 Å². The molecule has 20 heavy (non-hydrogen) atoms. The normalized spacial score (nSPS) is 13.8. The van der Waals surface area contributed by atoms with Crippen LogP contribution in [-0.4, -0.2) is 16.0 Å². The molecule has 1 aromatic carbocycles. The number of carbonyl (C=O) groups is 1. The number of aryl methyl sites for hydroxylation is 1. The van der Waals surface area contributed by atoms with Gasteiger partial charge >= 0.3 is 0 Å². The summed E-state index contributed by atoms with van der Waals surface area (Å²) in [6.45, 7) is 3.53. The summed E-state index contributed by atoms with van der Waals surface area (Å²) in [5, 5.41) is 6.34. The number of hydrogen-bond donors (Lipinski definition) is 2. The van der Waals surface area contributed by atoms with Crippen molar-refractivity contribution in [3.63, 3.8) is 0 Å². The summed E-state index contributed by atoms with van der Waals surface area (Å²) >= 11 is 3.34. The first-order chi connectivity index (χ1) is 9.39. The van der Waals surface area contributed by atoms with Gasteiger partial charge in [-0.3, -0.25) is 4.79 Å². The minimum absolute atomic E-state index is 0.156. The number of amides is 1. The maximum atomic E-state index is 12.2. The van der Waals surface area contributed by atoms with Crippen LogP contribution in [0.25, 0.3) is 0 Å². The molecular weight excluding hydrogens is 324 g/mol. The van der Waals surface area contributed by atoms with Crippen molar-refractivity contribution in [1.29, 1.82) is 0 Å². The van der Waals surface area contributed by atoms with E-state index in [1.807, 2.05) is 12.1 Å². The van der Waals surface area contributed by atoms with Gasteiger partial charge in [0, 0.05) is 4.47 Å². The van der Waals surface area contributed by atoms with E-state index in [0.29, 0.717) is 11.7 Å². The number of rotatable bonds is 4. The standard InChI is InChI=1S/C13H15BrN4O2/c1-8-17-11(20-18-8)7-16-12(19)13(2,15)9-3-5-10(14)6-4-9/h3-6H,7,15H2,1-2H3,(H,16,19). The zero-order valence-corrected chi connectivity index (χ0v) is 12.8. The smallest absolute Gasteiger partial charge is 0.246 e. The average molecular weight is 339 g/mol. The number of nitrogens with one attached hydrogen (secondary N) is 1. The number of halogens is 1. The Morgan fingerprint density at radius 2 is 2.10 bits per heavy atom. The van der Waals surface area contributed by atoms with Crippen molar-refractivity contribution in [2.75, 3.05) is 0 Å². The number of benzene rings is 1. The molecule has 0 saturated carbocycles. The lowest BCUT2D eigenvalue weighted by molar-refractivity contribution is -0.126. The number of hydrogen-bond acceptors (Lipinski definition) is 5. The first-order valence-corrected chi connectivity index (χ1v) is 6.81. The van der Waals surface area contributed by atoms with E-state index in [0.717, 1.165) is 10.0 Å². The quantitative estimate of drug-likeness (QED) is 0.883. The number of nitrogens with zero attached hydrogens (tertiary/aromatic N) is 2. The average Bonchev–Trinajstić information content (AvgIpc) is 2.82. The van der Waals surface area contributed by atoms with Crippen LogP contribution in [0.4, 0.5) is 0 Å². The molecule has 3 N–H and O–H groups in total. The Kier molecular flexibility index (Phi) is 4.20. The molecule has 7 heteroatoms. The molecule has 1 amide bonds. The molecule has 6 nitrogen and oxygen atoms in total. The van der Waals surface area contributed by atoms with Crippen molar-refractivity contribution in [3.05, 3.63) is 46.0 Å². The molecule has 0 bridgehead atoms. The van der Waals surface area contributed by atoms with Crippen LogP contribution >= 0.6 is 15.9 Å². The van der Waals surface area contributed by atoms with Gasteiger partial charge in [0.05, 0.1) is 6.54 Å². The van der Waals surface area contributed by atoms with E-state index in [4.69, 9.17) is 10.3 Å². The zero-order valence-electron chi connectivity index (χ0n) is 11.2. The second kappa shape index (κ2) is 5.72. The van der Waals surface area contributed by atoms with E-state index >= 15 is 0 Å². The third-order valence-electron chi connectivity index (χ3n) is 2.89. The fraction of sp³-hybridized carbons (Fsp3) is 0.308. The second-order valence-corrected chi connectivity index (χ2v) is 5.54. The zero-order chi connectivity index (χ0) is 14.8. The topological polar surface area (TPSA) is 94.0 Å². The Hall–Kier alpha value is -1.73. The lowest BCUT2D eigenvalue weighted by atomic mass is 9.92. The van der Waals surface area contributed by atoms with E-state index in [2.05, 4.69) is 31.4 Å². The fourth-order valence-corrected chi connectivity index (χ4v) is 1.94. The number of carbonyl (C=O) groups excluding carboxylic acids is 1. The third kappa shape index (κ3) is 3.23. The highest BCUT2D eigenvalue weighted by molar-refractivity contribution is 9.10. The number of aromatic nitrogens is 2.